The van der Waals surface area contributed by atoms with Gasteiger partial charge in [0, 0.05) is 13.0 Å². The van der Waals surface area contributed by atoms with Gasteiger partial charge in [-0.2, -0.15) is 11.8 Å². The zero-order valence-electron chi connectivity index (χ0n) is 13.8. The fraction of sp³-hybridized carbons (Fsp3) is 0.944. The predicted molar refractivity (Wildman–Crippen MR) is 92.5 cm³/mol. The Kier molecular flexibility index (Phi) is 8.68. The van der Waals surface area contributed by atoms with Crippen LogP contribution in [-0.2, 0) is 9.53 Å². The number of unbranched alkanes of at least 4 members (excludes halogenated alkanes) is 3. The van der Waals surface area contributed by atoms with Gasteiger partial charge in [0.2, 0.25) is 0 Å². The average Bonchev–Trinajstić information content (AvgIpc) is 3.14. The van der Waals surface area contributed by atoms with Crippen LogP contribution in [0.4, 0.5) is 0 Å². The summed E-state index contributed by atoms with van der Waals surface area (Å²) < 4.78 is 6.03. The molecule has 3 nitrogen and oxygen atoms in total. The summed E-state index contributed by atoms with van der Waals surface area (Å²) >= 11 is 2.11. The van der Waals surface area contributed by atoms with Crippen molar-refractivity contribution in [3.63, 3.8) is 0 Å². The molecule has 0 radical (unpaired) electrons. The summed E-state index contributed by atoms with van der Waals surface area (Å²) in [7, 11) is 0. The van der Waals surface area contributed by atoms with Crippen LogP contribution in [-0.4, -0.2) is 35.3 Å². The molecular formula is C18H32O3S. The van der Waals surface area contributed by atoms with Gasteiger partial charge in [-0.15, -0.1) is 0 Å². The van der Waals surface area contributed by atoms with Crippen LogP contribution in [0.2, 0.25) is 0 Å². The highest BCUT2D eigenvalue weighted by Gasteiger charge is 2.27. The lowest BCUT2D eigenvalue weighted by atomic mass is 9.88. The van der Waals surface area contributed by atoms with Gasteiger partial charge in [0.15, 0.2) is 0 Å². The van der Waals surface area contributed by atoms with Gasteiger partial charge in [-0.1, -0.05) is 32.1 Å². The fourth-order valence-electron chi connectivity index (χ4n) is 3.76. The molecule has 1 aliphatic carbocycles. The van der Waals surface area contributed by atoms with E-state index in [1.54, 1.807) is 0 Å². The summed E-state index contributed by atoms with van der Waals surface area (Å²) in [6.07, 6.45) is 13.1. The first-order chi connectivity index (χ1) is 10.8. The van der Waals surface area contributed by atoms with Crippen molar-refractivity contribution in [2.45, 2.75) is 76.7 Å². The molecule has 1 heterocycles. The van der Waals surface area contributed by atoms with E-state index < -0.39 is 5.97 Å². The number of hydrogen-bond acceptors (Lipinski definition) is 3. The highest BCUT2D eigenvalue weighted by atomic mass is 32.2. The maximum absolute atomic E-state index is 10.5. The highest BCUT2D eigenvalue weighted by Crippen LogP contribution is 2.36. The zero-order valence-corrected chi connectivity index (χ0v) is 14.6. The van der Waals surface area contributed by atoms with Gasteiger partial charge in [0.25, 0.3) is 0 Å². The van der Waals surface area contributed by atoms with Gasteiger partial charge in [-0.3, -0.25) is 4.79 Å². The number of carboxylic acids is 1. The third-order valence-corrected chi connectivity index (χ3v) is 6.52. The first kappa shape index (κ1) is 18.1. The molecule has 2 fully saturated rings. The lowest BCUT2D eigenvalue weighted by Gasteiger charge is -2.20. The molecule has 0 bridgehead atoms. The van der Waals surface area contributed by atoms with Crippen LogP contribution in [0.3, 0.4) is 0 Å². The van der Waals surface area contributed by atoms with E-state index in [4.69, 9.17) is 9.84 Å². The molecule has 2 rings (SSSR count). The quantitative estimate of drug-likeness (QED) is 0.556. The molecule has 1 saturated heterocycles. The van der Waals surface area contributed by atoms with Crippen LogP contribution in [0, 0.1) is 11.8 Å². The molecule has 1 N–H and O–H groups in total. The molecule has 0 aromatic rings. The third-order valence-electron chi connectivity index (χ3n) is 5.19. The second-order valence-electron chi connectivity index (χ2n) is 6.97. The molecule has 22 heavy (non-hydrogen) atoms. The van der Waals surface area contributed by atoms with Crippen molar-refractivity contribution in [1.29, 1.82) is 0 Å². The number of carbonyl (C=O) groups is 1. The minimum Gasteiger partial charge on any atom is -0.481 e. The van der Waals surface area contributed by atoms with Gasteiger partial charge in [0.05, 0.1) is 6.10 Å². The highest BCUT2D eigenvalue weighted by molar-refractivity contribution is 7.99. The van der Waals surface area contributed by atoms with Gasteiger partial charge in [-0.05, 0) is 55.4 Å². The monoisotopic (exact) mass is 328 g/mol. The SMILES string of the molecule is O=C(O)CCCCCC[C@H]1CSC[C@H]1CCOC1CCCC1. The Bertz CT molecular complexity index is 315. The third kappa shape index (κ3) is 6.91. The van der Waals surface area contributed by atoms with E-state index in [2.05, 4.69) is 11.8 Å². The Labute approximate surface area is 139 Å². The van der Waals surface area contributed by atoms with Crippen LogP contribution in [0.15, 0.2) is 0 Å². The molecule has 0 amide bonds. The second kappa shape index (κ2) is 10.5. The summed E-state index contributed by atoms with van der Waals surface area (Å²) in [5.41, 5.74) is 0. The minimum absolute atomic E-state index is 0.334. The standard InChI is InChI=1S/C18H32O3S/c19-18(20)10-4-2-1-3-7-15-13-22-14-16(15)11-12-21-17-8-5-6-9-17/h15-17H,1-14H2,(H,19,20)/t15-,16+/m0/s1. The normalized spacial score (nSPS) is 25.8. The molecule has 128 valence electrons. The number of hydrogen-bond donors (Lipinski definition) is 1. The topological polar surface area (TPSA) is 46.5 Å². The Morgan fingerprint density at radius 1 is 1.00 bits per heavy atom. The molecule has 4 heteroatoms. The number of aliphatic carboxylic acids is 1. The molecule has 2 atom stereocenters. The smallest absolute Gasteiger partial charge is 0.303 e. The van der Waals surface area contributed by atoms with Crippen molar-refractivity contribution in [1.82, 2.24) is 0 Å². The molecular weight excluding hydrogens is 296 g/mol. The minimum atomic E-state index is -0.658. The van der Waals surface area contributed by atoms with Gasteiger partial charge in [-0.25, -0.2) is 0 Å². The summed E-state index contributed by atoms with van der Waals surface area (Å²) in [5, 5.41) is 8.62. The molecule has 0 aromatic carbocycles. The van der Waals surface area contributed by atoms with Gasteiger partial charge < -0.3 is 9.84 Å². The maximum atomic E-state index is 10.5. The average molecular weight is 329 g/mol. The van der Waals surface area contributed by atoms with Crippen molar-refractivity contribution in [3.8, 4) is 0 Å². The molecule has 1 saturated carbocycles. The van der Waals surface area contributed by atoms with E-state index in [1.807, 2.05) is 0 Å². The van der Waals surface area contributed by atoms with Crippen molar-refractivity contribution < 1.29 is 14.6 Å². The summed E-state index contributed by atoms with van der Waals surface area (Å²) in [5.74, 6) is 3.71. The molecule has 0 spiro atoms. The van der Waals surface area contributed by atoms with E-state index in [0.29, 0.717) is 12.5 Å². The first-order valence-corrected chi connectivity index (χ1v) is 10.3. The van der Waals surface area contributed by atoms with E-state index in [1.165, 1.54) is 62.9 Å². The largest absolute Gasteiger partial charge is 0.481 e. The number of ether oxygens (including phenoxy) is 1. The second-order valence-corrected chi connectivity index (χ2v) is 8.05. The lowest BCUT2D eigenvalue weighted by molar-refractivity contribution is -0.137. The zero-order chi connectivity index (χ0) is 15.6. The van der Waals surface area contributed by atoms with Crippen LogP contribution < -0.4 is 0 Å². The van der Waals surface area contributed by atoms with Crippen LogP contribution in [0.5, 0.6) is 0 Å². The van der Waals surface area contributed by atoms with Crippen molar-refractivity contribution in [2.24, 2.45) is 11.8 Å². The molecule has 0 aromatic heterocycles. The lowest BCUT2D eigenvalue weighted by Crippen LogP contribution is -2.17. The maximum Gasteiger partial charge on any atom is 0.303 e. The first-order valence-electron chi connectivity index (χ1n) is 9.17. The summed E-state index contributed by atoms with van der Waals surface area (Å²) in [6.45, 7) is 0.963. The van der Waals surface area contributed by atoms with Crippen molar-refractivity contribution >= 4 is 17.7 Å². The predicted octanol–water partition coefficient (Wildman–Crippen LogP) is 4.74. The fourth-order valence-corrected chi connectivity index (χ4v) is 5.38. The van der Waals surface area contributed by atoms with Gasteiger partial charge >= 0.3 is 5.97 Å². The summed E-state index contributed by atoms with van der Waals surface area (Å²) in [4.78, 5) is 10.5. The Morgan fingerprint density at radius 3 is 2.41 bits per heavy atom. The van der Waals surface area contributed by atoms with E-state index in [0.717, 1.165) is 31.3 Å². The van der Waals surface area contributed by atoms with Crippen LogP contribution >= 0.6 is 11.8 Å². The van der Waals surface area contributed by atoms with Gasteiger partial charge in [0.1, 0.15) is 0 Å². The Morgan fingerprint density at radius 2 is 1.68 bits per heavy atom. The number of rotatable bonds is 11. The molecule has 2 aliphatic rings. The number of carboxylic acid groups (broad SMARTS) is 1. The molecule has 1 aliphatic heterocycles. The Balaban J connectivity index is 1.50. The van der Waals surface area contributed by atoms with E-state index in [-0.39, 0.29) is 0 Å². The number of thioether (sulfide) groups is 1. The van der Waals surface area contributed by atoms with Crippen LogP contribution in [0.25, 0.3) is 0 Å². The van der Waals surface area contributed by atoms with E-state index in [9.17, 15) is 4.79 Å². The van der Waals surface area contributed by atoms with E-state index >= 15 is 0 Å². The van der Waals surface area contributed by atoms with Crippen molar-refractivity contribution in [3.05, 3.63) is 0 Å². The Hall–Kier alpha value is -0.220. The summed E-state index contributed by atoms with van der Waals surface area (Å²) in [6, 6.07) is 0. The molecule has 0 unspecified atom stereocenters. The van der Waals surface area contributed by atoms with Crippen LogP contribution in [0.1, 0.15) is 70.6 Å². The van der Waals surface area contributed by atoms with Crippen molar-refractivity contribution in [2.75, 3.05) is 18.1 Å².